The van der Waals surface area contributed by atoms with Gasteiger partial charge in [0.25, 0.3) is 0 Å². The molecular formula is C21H26F6N2O5S. The second-order valence-corrected chi connectivity index (χ2v) is 11.8. The number of nitrogens with one attached hydrogen (secondary N) is 2. The lowest BCUT2D eigenvalue weighted by Crippen LogP contribution is -2.51. The quantitative estimate of drug-likeness (QED) is 0.554. The number of alkyl carbamates (subject to hydrolysis) is 1. The van der Waals surface area contributed by atoms with Gasteiger partial charge >= 0.3 is 18.4 Å². The van der Waals surface area contributed by atoms with Crippen molar-refractivity contribution in [1.82, 2.24) is 10.6 Å². The molecule has 1 aromatic carbocycles. The fourth-order valence-electron chi connectivity index (χ4n) is 3.78. The molecular weight excluding hydrogens is 506 g/mol. The molecule has 0 bridgehead atoms. The van der Waals surface area contributed by atoms with E-state index in [4.69, 9.17) is 4.74 Å². The molecule has 1 aliphatic carbocycles. The molecule has 0 spiro atoms. The van der Waals surface area contributed by atoms with Gasteiger partial charge < -0.3 is 15.4 Å². The van der Waals surface area contributed by atoms with Crippen molar-refractivity contribution in [3.63, 3.8) is 0 Å². The molecule has 35 heavy (non-hydrogen) atoms. The van der Waals surface area contributed by atoms with Gasteiger partial charge in [-0.1, -0.05) is 0 Å². The van der Waals surface area contributed by atoms with Crippen molar-refractivity contribution in [3.8, 4) is 0 Å². The molecule has 0 saturated heterocycles. The Kier molecular flexibility index (Phi) is 7.80. The van der Waals surface area contributed by atoms with Crippen molar-refractivity contribution >= 4 is 21.8 Å². The van der Waals surface area contributed by atoms with Crippen LogP contribution in [0.5, 0.6) is 0 Å². The summed E-state index contributed by atoms with van der Waals surface area (Å²) in [5.74, 6) is -1.08. The zero-order chi connectivity index (χ0) is 27.0. The van der Waals surface area contributed by atoms with Crippen molar-refractivity contribution < 1.29 is 49.1 Å². The Bertz CT molecular complexity index is 1050. The molecule has 2 amide bonds. The maximum Gasteiger partial charge on any atom is 0.416 e. The minimum absolute atomic E-state index is 0.0484. The van der Waals surface area contributed by atoms with Crippen LogP contribution in [0.3, 0.4) is 0 Å². The molecule has 1 aromatic rings. The lowest BCUT2D eigenvalue weighted by molar-refractivity contribution is -0.143. The number of hydrogen-bond acceptors (Lipinski definition) is 5. The Morgan fingerprint density at radius 2 is 1.54 bits per heavy atom. The number of alkyl halides is 6. The summed E-state index contributed by atoms with van der Waals surface area (Å²) in [6, 6.07) is 0.0948. The van der Waals surface area contributed by atoms with Crippen LogP contribution in [-0.4, -0.2) is 43.1 Å². The van der Waals surface area contributed by atoms with Gasteiger partial charge in [-0.2, -0.15) is 26.3 Å². The van der Waals surface area contributed by atoms with Crippen molar-refractivity contribution in [2.24, 2.45) is 0 Å². The van der Waals surface area contributed by atoms with Gasteiger partial charge in [0.1, 0.15) is 5.60 Å². The topological polar surface area (TPSA) is 102 Å². The molecule has 2 rings (SSSR count). The van der Waals surface area contributed by atoms with Gasteiger partial charge in [-0.3, -0.25) is 4.79 Å². The lowest BCUT2D eigenvalue weighted by Gasteiger charge is -2.27. The van der Waals surface area contributed by atoms with Crippen molar-refractivity contribution in [3.05, 3.63) is 34.9 Å². The average molecular weight is 533 g/mol. The molecule has 14 heteroatoms. The third kappa shape index (κ3) is 7.24. The van der Waals surface area contributed by atoms with Crippen LogP contribution in [0.25, 0.3) is 0 Å². The summed E-state index contributed by atoms with van der Waals surface area (Å²) in [6.07, 6.45) is -10.6. The summed E-state index contributed by atoms with van der Waals surface area (Å²) in [5.41, 5.74) is -4.45. The Labute approximate surface area is 198 Å². The fraction of sp³-hybridized carbons (Fsp3) is 0.619. The zero-order valence-electron chi connectivity index (χ0n) is 19.4. The molecule has 0 heterocycles. The molecule has 0 aliphatic heterocycles. The molecule has 2 N–H and O–H groups in total. The van der Waals surface area contributed by atoms with E-state index in [1.807, 2.05) is 0 Å². The van der Waals surface area contributed by atoms with E-state index in [0.29, 0.717) is 12.1 Å². The van der Waals surface area contributed by atoms with Crippen LogP contribution in [0.1, 0.15) is 56.7 Å². The third-order valence-corrected chi connectivity index (χ3v) is 7.39. The molecule has 0 aromatic heterocycles. The van der Waals surface area contributed by atoms with Crippen LogP contribution in [0.15, 0.2) is 18.2 Å². The van der Waals surface area contributed by atoms with E-state index in [1.165, 1.54) is 0 Å². The summed E-state index contributed by atoms with van der Waals surface area (Å²) in [5, 5.41) is 4.64. The van der Waals surface area contributed by atoms with Gasteiger partial charge in [0, 0.05) is 18.8 Å². The van der Waals surface area contributed by atoms with Crippen LogP contribution in [0, 0.1) is 0 Å². The second kappa shape index (κ2) is 9.51. The number of ether oxygens (including phenoxy) is 1. The number of carbonyl (C=O) groups excluding carboxylic acids is 2. The van der Waals surface area contributed by atoms with Crippen LogP contribution in [0.2, 0.25) is 0 Å². The predicted octanol–water partition coefficient (Wildman–Crippen LogP) is 4.20. The zero-order valence-corrected chi connectivity index (χ0v) is 20.2. The van der Waals surface area contributed by atoms with Crippen molar-refractivity contribution in [2.45, 2.75) is 75.3 Å². The molecule has 7 nitrogen and oxygen atoms in total. The van der Waals surface area contributed by atoms with E-state index < -0.39 is 73.8 Å². The number of rotatable bonds is 5. The normalized spacial score (nSPS) is 21.5. The fourth-order valence-corrected chi connectivity index (χ4v) is 5.18. The first-order valence-electron chi connectivity index (χ1n) is 10.4. The summed E-state index contributed by atoms with van der Waals surface area (Å²) >= 11 is 0. The van der Waals surface area contributed by atoms with E-state index in [0.717, 1.165) is 6.26 Å². The Morgan fingerprint density at radius 1 is 1.03 bits per heavy atom. The molecule has 1 saturated carbocycles. The standard InChI is InChI=1S/C21H26F6N2O5S/c1-18(2,3)34-17(31)29-15-5-6-19(10-15,35(4,32)33)16(30)28-11-12-7-13(20(22,23)24)9-14(8-12)21(25,26)27/h7-9,15H,5-6,10-11H2,1-4H3,(H,28,30)(H,29,31). The van der Waals surface area contributed by atoms with Gasteiger partial charge in [0.15, 0.2) is 14.6 Å². The lowest BCUT2D eigenvalue weighted by atomic mass is 10.0. The first-order valence-corrected chi connectivity index (χ1v) is 12.3. The van der Waals surface area contributed by atoms with Crippen LogP contribution < -0.4 is 10.6 Å². The Balaban J connectivity index is 2.24. The highest BCUT2D eigenvalue weighted by Gasteiger charge is 2.53. The van der Waals surface area contributed by atoms with E-state index in [-0.39, 0.29) is 25.3 Å². The monoisotopic (exact) mass is 532 g/mol. The predicted molar refractivity (Wildman–Crippen MR) is 113 cm³/mol. The van der Waals surface area contributed by atoms with Crippen molar-refractivity contribution in [1.29, 1.82) is 0 Å². The summed E-state index contributed by atoms with van der Waals surface area (Å²) < 4.78 is 107. The van der Waals surface area contributed by atoms with Gasteiger partial charge in [-0.15, -0.1) is 0 Å². The molecule has 1 aliphatic rings. The van der Waals surface area contributed by atoms with Crippen LogP contribution in [0.4, 0.5) is 31.1 Å². The number of amides is 2. The summed E-state index contributed by atoms with van der Waals surface area (Å²) in [4.78, 5) is 24.9. The molecule has 198 valence electrons. The first-order chi connectivity index (χ1) is 15.6. The number of hydrogen-bond donors (Lipinski definition) is 2. The number of sulfone groups is 1. The highest BCUT2D eigenvalue weighted by atomic mass is 32.2. The van der Waals surface area contributed by atoms with Gasteiger partial charge in [-0.05, 0) is 63.8 Å². The van der Waals surface area contributed by atoms with Crippen LogP contribution in [-0.2, 0) is 38.3 Å². The first kappa shape index (κ1) is 28.7. The highest BCUT2D eigenvalue weighted by molar-refractivity contribution is 7.92. The van der Waals surface area contributed by atoms with Crippen molar-refractivity contribution in [2.75, 3.05) is 6.26 Å². The van der Waals surface area contributed by atoms with Gasteiger partial charge in [0.2, 0.25) is 5.91 Å². The SMILES string of the molecule is CC(C)(C)OC(=O)NC1CCC(C(=O)NCc2cc(C(F)(F)F)cc(C(F)(F)F)c2)(S(C)(=O)=O)C1. The highest BCUT2D eigenvalue weighted by Crippen LogP contribution is 2.38. The molecule has 1 fully saturated rings. The molecule has 2 unspecified atom stereocenters. The number of halogens is 6. The molecule has 0 radical (unpaired) electrons. The third-order valence-electron chi connectivity index (χ3n) is 5.42. The Morgan fingerprint density at radius 3 is 1.97 bits per heavy atom. The minimum Gasteiger partial charge on any atom is -0.444 e. The van der Waals surface area contributed by atoms with Gasteiger partial charge in [0.05, 0.1) is 11.1 Å². The second-order valence-electron chi connectivity index (χ2n) is 9.45. The summed E-state index contributed by atoms with van der Waals surface area (Å²) in [7, 11) is -4.10. The largest absolute Gasteiger partial charge is 0.444 e. The molecule has 2 atom stereocenters. The Hall–Kier alpha value is -2.51. The maximum absolute atomic E-state index is 13.1. The average Bonchev–Trinajstić information content (AvgIpc) is 3.08. The summed E-state index contributed by atoms with van der Waals surface area (Å²) in [6.45, 7) is 4.08. The minimum atomic E-state index is -5.07. The van der Waals surface area contributed by atoms with Gasteiger partial charge in [-0.25, -0.2) is 13.2 Å². The van der Waals surface area contributed by atoms with E-state index in [9.17, 15) is 44.3 Å². The van der Waals surface area contributed by atoms with Crippen LogP contribution >= 0.6 is 0 Å². The smallest absolute Gasteiger partial charge is 0.416 e. The number of benzene rings is 1. The number of carbonyl (C=O) groups is 2. The van der Waals surface area contributed by atoms with E-state index in [1.54, 1.807) is 20.8 Å². The van der Waals surface area contributed by atoms with E-state index >= 15 is 0 Å². The van der Waals surface area contributed by atoms with E-state index in [2.05, 4.69) is 10.6 Å². The maximum atomic E-state index is 13.1.